The van der Waals surface area contributed by atoms with Gasteiger partial charge in [0.25, 0.3) is 11.7 Å². The van der Waals surface area contributed by atoms with E-state index < -0.39 is 5.76 Å². The van der Waals surface area contributed by atoms with Crippen LogP contribution in [0.25, 0.3) is 0 Å². The first kappa shape index (κ1) is 20.1. The fraction of sp³-hybridized carbons (Fsp3) is 0.600. The van der Waals surface area contributed by atoms with Crippen LogP contribution in [0.4, 0.5) is 8.78 Å². The van der Waals surface area contributed by atoms with Gasteiger partial charge in [-0.05, 0) is 49.9 Å². The zero-order valence-electron chi connectivity index (χ0n) is 15.4. The lowest BCUT2D eigenvalue weighted by Gasteiger charge is -2.34. The summed E-state index contributed by atoms with van der Waals surface area (Å²) >= 11 is 0.473. The fourth-order valence-electron chi connectivity index (χ4n) is 3.84. The van der Waals surface area contributed by atoms with E-state index in [4.69, 9.17) is 0 Å². The minimum Gasteiger partial charge on any atom is -0.342 e. The molecule has 2 fully saturated rings. The van der Waals surface area contributed by atoms with E-state index in [1.54, 1.807) is 29.2 Å². The molecule has 0 aromatic heterocycles. The summed E-state index contributed by atoms with van der Waals surface area (Å²) in [6, 6.07) is 6.31. The summed E-state index contributed by atoms with van der Waals surface area (Å²) in [7, 11) is 0. The van der Waals surface area contributed by atoms with Crippen LogP contribution in [0.1, 0.15) is 48.9 Å². The van der Waals surface area contributed by atoms with Crippen LogP contribution in [0, 0.1) is 5.92 Å². The maximum atomic E-state index is 12.7. The number of rotatable bonds is 4. The van der Waals surface area contributed by atoms with Crippen LogP contribution in [-0.2, 0) is 4.79 Å². The molecule has 27 heavy (non-hydrogen) atoms. The molecule has 3 rings (SSSR count). The van der Waals surface area contributed by atoms with Crippen LogP contribution in [0.5, 0.6) is 0 Å². The van der Waals surface area contributed by atoms with Gasteiger partial charge in [-0.15, -0.1) is 0 Å². The average molecular weight is 397 g/mol. The van der Waals surface area contributed by atoms with Crippen molar-refractivity contribution in [2.45, 2.75) is 49.2 Å². The van der Waals surface area contributed by atoms with Crippen LogP contribution >= 0.6 is 11.8 Å². The van der Waals surface area contributed by atoms with Crippen LogP contribution in [0.15, 0.2) is 29.2 Å². The third kappa shape index (κ3) is 5.43. The van der Waals surface area contributed by atoms with Gasteiger partial charge in [-0.1, -0.05) is 24.6 Å². The van der Waals surface area contributed by atoms with Crippen molar-refractivity contribution < 1.29 is 18.4 Å². The van der Waals surface area contributed by atoms with E-state index in [0.717, 1.165) is 25.9 Å². The van der Waals surface area contributed by atoms with Gasteiger partial charge in [-0.2, -0.15) is 8.78 Å². The molecule has 0 N–H and O–H groups in total. The Morgan fingerprint density at radius 3 is 2.04 bits per heavy atom. The first-order valence-corrected chi connectivity index (χ1v) is 10.6. The van der Waals surface area contributed by atoms with Crippen LogP contribution in [0.2, 0.25) is 0 Å². The maximum absolute atomic E-state index is 12.7. The number of carbonyl (C=O) groups excluding carboxylic acids is 2. The molecule has 2 aliphatic heterocycles. The smallest absolute Gasteiger partial charge is 0.288 e. The van der Waals surface area contributed by atoms with Crippen LogP contribution in [0.3, 0.4) is 0 Å². The number of amides is 2. The normalized spacial score (nSPS) is 19.2. The largest absolute Gasteiger partial charge is 0.342 e. The van der Waals surface area contributed by atoms with Gasteiger partial charge in [-0.3, -0.25) is 9.59 Å². The van der Waals surface area contributed by atoms with E-state index in [2.05, 4.69) is 0 Å². The highest BCUT2D eigenvalue weighted by molar-refractivity contribution is 7.99. The highest BCUT2D eigenvalue weighted by Gasteiger charge is 2.30. The van der Waals surface area contributed by atoms with Crippen LogP contribution < -0.4 is 0 Å². The van der Waals surface area contributed by atoms with Gasteiger partial charge in [0, 0.05) is 42.6 Å². The Morgan fingerprint density at radius 1 is 0.889 bits per heavy atom. The average Bonchev–Trinajstić information content (AvgIpc) is 2.97. The molecule has 0 spiro atoms. The first-order chi connectivity index (χ1) is 13.0. The minimum atomic E-state index is -2.47. The molecule has 1 aromatic rings. The number of halogens is 2. The second-order valence-corrected chi connectivity index (χ2v) is 8.27. The van der Waals surface area contributed by atoms with Gasteiger partial charge in [0.05, 0.1) is 0 Å². The quantitative estimate of drug-likeness (QED) is 0.714. The van der Waals surface area contributed by atoms with Crippen molar-refractivity contribution in [3.05, 3.63) is 29.8 Å². The Kier molecular flexibility index (Phi) is 7.10. The molecule has 0 unspecified atom stereocenters. The number of benzene rings is 1. The third-order valence-electron chi connectivity index (χ3n) is 5.38. The first-order valence-electron chi connectivity index (χ1n) is 9.67. The van der Waals surface area contributed by atoms with Gasteiger partial charge in [-0.25, -0.2) is 0 Å². The molecule has 148 valence electrons. The van der Waals surface area contributed by atoms with Crippen LogP contribution in [-0.4, -0.2) is 53.6 Å². The van der Waals surface area contributed by atoms with Crippen molar-refractivity contribution in [3.8, 4) is 0 Å². The van der Waals surface area contributed by atoms with E-state index in [-0.39, 0.29) is 17.7 Å². The SMILES string of the molecule is O=C(c1ccc(SC(F)F)cc1)N1CCC(C(=O)N2CCCCCC2)CC1. The maximum Gasteiger partial charge on any atom is 0.288 e. The van der Waals surface area contributed by atoms with Crippen molar-refractivity contribution in [3.63, 3.8) is 0 Å². The molecular weight excluding hydrogens is 370 g/mol. The Morgan fingerprint density at radius 2 is 1.48 bits per heavy atom. The minimum absolute atomic E-state index is 0.0111. The van der Waals surface area contributed by atoms with Gasteiger partial charge in [0.2, 0.25) is 5.91 Å². The second kappa shape index (κ2) is 9.53. The van der Waals surface area contributed by atoms with Gasteiger partial charge in [0.15, 0.2) is 0 Å². The predicted octanol–water partition coefficient (Wildman–Crippen LogP) is 4.26. The number of piperidine rings is 1. The van der Waals surface area contributed by atoms with Crippen molar-refractivity contribution in [2.24, 2.45) is 5.92 Å². The number of thioether (sulfide) groups is 1. The Bertz CT molecular complexity index is 638. The Hall–Kier alpha value is -1.63. The van der Waals surface area contributed by atoms with Gasteiger partial charge < -0.3 is 9.80 Å². The standard InChI is InChI=1S/C20H26F2N2O2S/c21-20(22)27-17-7-5-15(6-8-17)18(25)24-13-9-16(10-14-24)19(26)23-11-3-1-2-4-12-23/h5-8,16,20H,1-4,9-14H2. The van der Waals surface area contributed by atoms with Crippen molar-refractivity contribution in [1.29, 1.82) is 0 Å². The number of hydrogen-bond acceptors (Lipinski definition) is 3. The molecule has 2 aliphatic rings. The second-order valence-electron chi connectivity index (χ2n) is 7.21. The monoisotopic (exact) mass is 396 g/mol. The van der Waals surface area contributed by atoms with E-state index in [9.17, 15) is 18.4 Å². The summed E-state index contributed by atoms with van der Waals surface area (Å²) in [4.78, 5) is 29.6. The van der Waals surface area contributed by atoms with Gasteiger partial charge >= 0.3 is 0 Å². The summed E-state index contributed by atoms with van der Waals surface area (Å²) in [5, 5.41) is 0. The lowest BCUT2D eigenvalue weighted by molar-refractivity contribution is -0.136. The third-order valence-corrected chi connectivity index (χ3v) is 6.10. The number of carbonyl (C=O) groups is 2. The molecule has 4 nitrogen and oxygen atoms in total. The summed E-state index contributed by atoms with van der Waals surface area (Å²) in [5.74, 6) is -2.30. The molecular formula is C20H26F2N2O2S. The van der Waals surface area contributed by atoms with E-state index in [1.807, 2.05) is 4.90 Å². The Labute approximate surface area is 163 Å². The summed E-state index contributed by atoms with van der Waals surface area (Å²) in [6.07, 6.45) is 5.96. The van der Waals surface area contributed by atoms with E-state index in [0.29, 0.717) is 48.2 Å². The molecule has 1 aromatic carbocycles. The van der Waals surface area contributed by atoms with Gasteiger partial charge in [0.1, 0.15) is 0 Å². The molecule has 0 aliphatic carbocycles. The van der Waals surface area contributed by atoms with E-state index >= 15 is 0 Å². The summed E-state index contributed by atoms with van der Waals surface area (Å²) < 4.78 is 24.8. The van der Waals surface area contributed by atoms with Crippen molar-refractivity contribution in [1.82, 2.24) is 9.80 Å². The Balaban J connectivity index is 1.52. The number of likely N-dealkylation sites (tertiary alicyclic amines) is 2. The summed E-state index contributed by atoms with van der Waals surface area (Å²) in [6.45, 7) is 2.86. The lowest BCUT2D eigenvalue weighted by Crippen LogP contribution is -2.44. The molecule has 2 heterocycles. The van der Waals surface area contributed by atoms with Crippen molar-refractivity contribution in [2.75, 3.05) is 26.2 Å². The molecule has 0 radical (unpaired) electrons. The molecule has 0 atom stereocenters. The zero-order valence-corrected chi connectivity index (χ0v) is 16.2. The molecule has 0 saturated carbocycles. The zero-order chi connectivity index (χ0) is 19.2. The van der Waals surface area contributed by atoms with E-state index in [1.165, 1.54) is 12.8 Å². The number of nitrogens with zero attached hydrogens (tertiary/aromatic N) is 2. The lowest BCUT2D eigenvalue weighted by atomic mass is 9.94. The topological polar surface area (TPSA) is 40.6 Å². The molecule has 2 amide bonds. The number of hydrogen-bond donors (Lipinski definition) is 0. The summed E-state index contributed by atoms with van der Waals surface area (Å²) in [5.41, 5.74) is 0.505. The molecule has 7 heteroatoms. The predicted molar refractivity (Wildman–Crippen MR) is 102 cm³/mol. The number of alkyl halides is 2. The molecule has 0 bridgehead atoms. The molecule has 2 saturated heterocycles. The fourth-order valence-corrected chi connectivity index (χ4v) is 4.34. The highest BCUT2D eigenvalue weighted by atomic mass is 32.2. The van der Waals surface area contributed by atoms with Crippen molar-refractivity contribution >= 4 is 23.6 Å². The highest BCUT2D eigenvalue weighted by Crippen LogP contribution is 2.26.